The van der Waals surface area contributed by atoms with Gasteiger partial charge in [-0.05, 0) is 12.8 Å². The Bertz CT molecular complexity index is 192. The molecule has 0 unspecified atom stereocenters. The van der Waals surface area contributed by atoms with Crippen LogP contribution in [-0.2, 0) is 9.59 Å². The first kappa shape index (κ1) is 13.2. The van der Waals surface area contributed by atoms with Crippen molar-refractivity contribution < 1.29 is 19.8 Å². The van der Waals surface area contributed by atoms with E-state index in [1.54, 1.807) is 0 Å². The summed E-state index contributed by atoms with van der Waals surface area (Å²) < 4.78 is 0. The van der Waals surface area contributed by atoms with Crippen molar-refractivity contribution in [1.29, 1.82) is 0 Å². The Hall–Kier alpha value is 0.200. The fourth-order valence-corrected chi connectivity index (χ4v) is 1.67. The molecular weight excluding hydrogens is 200 g/mol. The van der Waals surface area contributed by atoms with Gasteiger partial charge in [0.25, 0.3) is 0 Å². The summed E-state index contributed by atoms with van der Waals surface area (Å²) in [5, 5.41) is 17.6. The van der Waals surface area contributed by atoms with E-state index in [0.717, 1.165) is 6.42 Å². The van der Waals surface area contributed by atoms with Crippen molar-refractivity contribution in [2.24, 2.45) is 5.41 Å². The fraction of sp³-hybridized carbons (Fsp3) is 0.750. The second-order valence-electron chi connectivity index (χ2n) is 3.25. The van der Waals surface area contributed by atoms with Gasteiger partial charge in [-0.25, -0.2) is 0 Å². The molecule has 70 valence electrons. The molecule has 1 fully saturated rings. The van der Waals surface area contributed by atoms with Crippen LogP contribution in [0.5, 0.6) is 0 Å². The van der Waals surface area contributed by atoms with Crippen LogP contribution in [-0.4, -0.2) is 59.9 Å². The Morgan fingerprint density at radius 1 is 0.923 bits per heavy atom. The molecule has 0 saturated heterocycles. The van der Waals surface area contributed by atoms with E-state index in [4.69, 9.17) is 10.2 Å². The number of carbonyl (C=O) groups is 2. The van der Waals surface area contributed by atoms with Gasteiger partial charge in [-0.15, -0.1) is 0 Å². The molecule has 1 rings (SSSR count). The summed E-state index contributed by atoms with van der Waals surface area (Å²) >= 11 is 0. The number of carboxylic acid groups (broad SMARTS) is 2. The van der Waals surface area contributed by atoms with Crippen LogP contribution in [0.25, 0.3) is 0 Å². The van der Waals surface area contributed by atoms with Gasteiger partial charge < -0.3 is 10.2 Å². The van der Waals surface area contributed by atoms with Crippen LogP contribution >= 0.6 is 0 Å². The van der Waals surface area contributed by atoms with Gasteiger partial charge in [0.1, 0.15) is 0 Å². The first-order chi connectivity index (χ1) is 5.59. The topological polar surface area (TPSA) is 74.6 Å². The SMILES string of the molecule is O=C(O)C1(C(=O)O)CCCCC1.[Ca]. The zero-order valence-corrected chi connectivity index (χ0v) is 9.66. The number of hydrogen-bond donors (Lipinski definition) is 2. The van der Waals surface area contributed by atoms with E-state index in [2.05, 4.69) is 0 Å². The first-order valence-corrected chi connectivity index (χ1v) is 4.06. The van der Waals surface area contributed by atoms with Gasteiger partial charge in [0.15, 0.2) is 5.41 Å². The minimum Gasteiger partial charge on any atom is -0.480 e. The average molecular weight is 212 g/mol. The number of hydrogen-bond acceptors (Lipinski definition) is 2. The maximum absolute atomic E-state index is 10.7. The molecule has 1 saturated carbocycles. The largest absolute Gasteiger partial charge is 0.480 e. The molecule has 0 amide bonds. The molecule has 0 spiro atoms. The Labute approximate surface area is 106 Å². The van der Waals surface area contributed by atoms with Crippen LogP contribution < -0.4 is 0 Å². The molecule has 1 aliphatic carbocycles. The predicted octanol–water partition coefficient (Wildman–Crippen LogP) is 0.725. The number of aliphatic carboxylic acids is 2. The van der Waals surface area contributed by atoms with Crippen LogP contribution in [0.15, 0.2) is 0 Å². The van der Waals surface area contributed by atoms with Crippen molar-refractivity contribution in [3.63, 3.8) is 0 Å². The molecule has 2 N–H and O–H groups in total. The van der Waals surface area contributed by atoms with Crippen LogP contribution in [0.4, 0.5) is 0 Å². The fourth-order valence-electron chi connectivity index (χ4n) is 1.67. The third kappa shape index (κ3) is 2.58. The summed E-state index contributed by atoms with van der Waals surface area (Å²) in [5.74, 6) is -2.37. The molecule has 1 aliphatic rings. The molecule has 0 heterocycles. The second-order valence-corrected chi connectivity index (χ2v) is 3.25. The average Bonchev–Trinajstić information content (AvgIpc) is 2.05. The van der Waals surface area contributed by atoms with Gasteiger partial charge in [-0.3, -0.25) is 9.59 Å². The number of carboxylic acids is 2. The van der Waals surface area contributed by atoms with Crippen molar-refractivity contribution in [3.8, 4) is 0 Å². The van der Waals surface area contributed by atoms with E-state index in [0.29, 0.717) is 12.8 Å². The van der Waals surface area contributed by atoms with Crippen LogP contribution in [0, 0.1) is 5.41 Å². The van der Waals surface area contributed by atoms with Crippen molar-refractivity contribution in [3.05, 3.63) is 0 Å². The summed E-state index contributed by atoms with van der Waals surface area (Å²) in [6.45, 7) is 0. The maximum Gasteiger partial charge on any atom is 0.321 e. The van der Waals surface area contributed by atoms with E-state index >= 15 is 0 Å². The van der Waals surface area contributed by atoms with Crippen molar-refractivity contribution in [1.82, 2.24) is 0 Å². The summed E-state index contributed by atoms with van der Waals surface area (Å²) in [4.78, 5) is 21.5. The molecular formula is C8H12CaO4. The molecule has 4 nitrogen and oxygen atoms in total. The van der Waals surface area contributed by atoms with Crippen molar-refractivity contribution in [2.75, 3.05) is 0 Å². The summed E-state index contributed by atoms with van der Waals surface area (Å²) in [6, 6.07) is 0. The molecule has 0 bridgehead atoms. The zero-order valence-electron chi connectivity index (χ0n) is 7.45. The van der Waals surface area contributed by atoms with Gasteiger partial charge in [-0.2, -0.15) is 0 Å². The third-order valence-electron chi connectivity index (χ3n) is 2.53. The van der Waals surface area contributed by atoms with Crippen LogP contribution in [0.1, 0.15) is 32.1 Å². The van der Waals surface area contributed by atoms with E-state index in [1.807, 2.05) is 0 Å². The predicted molar refractivity (Wildman–Crippen MR) is 46.5 cm³/mol. The van der Waals surface area contributed by atoms with E-state index in [9.17, 15) is 9.59 Å². The maximum atomic E-state index is 10.7. The molecule has 0 aliphatic heterocycles. The summed E-state index contributed by atoms with van der Waals surface area (Å²) in [5.41, 5.74) is -1.49. The molecule has 5 heteroatoms. The van der Waals surface area contributed by atoms with Gasteiger partial charge in [0.2, 0.25) is 0 Å². The van der Waals surface area contributed by atoms with Gasteiger partial charge in [0, 0.05) is 37.7 Å². The summed E-state index contributed by atoms with van der Waals surface area (Å²) in [6.07, 6.45) is 2.91. The standard InChI is InChI=1S/C8H12O4.Ca/c9-6(10)8(7(11)12)4-2-1-3-5-8;/h1-5H2,(H,9,10)(H,11,12);. The molecule has 0 aromatic rings. The number of rotatable bonds is 2. The molecule has 0 aromatic carbocycles. The van der Waals surface area contributed by atoms with Crippen LogP contribution in [0.2, 0.25) is 0 Å². The quantitative estimate of drug-likeness (QED) is 0.522. The minimum atomic E-state index is -1.49. The monoisotopic (exact) mass is 212 g/mol. The smallest absolute Gasteiger partial charge is 0.321 e. The normalized spacial score (nSPS) is 20.0. The van der Waals surface area contributed by atoms with Crippen molar-refractivity contribution >= 4 is 49.7 Å². The molecule has 0 atom stereocenters. The summed E-state index contributed by atoms with van der Waals surface area (Å²) in [7, 11) is 0. The van der Waals surface area contributed by atoms with Gasteiger partial charge in [0.05, 0.1) is 0 Å². The van der Waals surface area contributed by atoms with Gasteiger partial charge >= 0.3 is 11.9 Å². The Morgan fingerprint density at radius 2 is 1.31 bits per heavy atom. The van der Waals surface area contributed by atoms with Crippen molar-refractivity contribution in [2.45, 2.75) is 32.1 Å². The zero-order chi connectivity index (χ0) is 9.19. The molecule has 0 aromatic heterocycles. The van der Waals surface area contributed by atoms with E-state index < -0.39 is 17.4 Å². The second kappa shape index (κ2) is 5.17. The van der Waals surface area contributed by atoms with E-state index in [1.165, 1.54) is 0 Å². The first-order valence-electron chi connectivity index (χ1n) is 4.06. The Balaban J connectivity index is 0.00000144. The third-order valence-corrected chi connectivity index (χ3v) is 2.53. The Morgan fingerprint density at radius 3 is 1.54 bits per heavy atom. The Kier molecular flexibility index (Phi) is 5.25. The van der Waals surface area contributed by atoms with Gasteiger partial charge in [-0.1, -0.05) is 19.3 Å². The molecule has 2 radical (unpaired) electrons. The van der Waals surface area contributed by atoms with E-state index in [-0.39, 0.29) is 50.6 Å². The molecule has 13 heavy (non-hydrogen) atoms. The minimum absolute atomic E-state index is 0. The van der Waals surface area contributed by atoms with Crippen LogP contribution in [0.3, 0.4) is 0 Å².